The first-order chi connectivity index (χ1) is 25.6. The average molecular weight is 807 g/mol. The molecule has 4 amide bonds. The van der Waals surface area contributed by atoms with Gasteiger partial charge in [-0.05, 0) is 23.7 Å². The fourth-order valence-electron chi connectivity index (χ4n) is 5.12. The van der Waals surface area contributed by atoms with Gasteiger partial charge in [0, 0.05) is 23.7 Å². The van der Waals surface area contributed by atoms with Crippen LogP contribution in [0.3, 0.4) is 0 Å². The monoisotopic (exact) mass is 807 g/mol. The number of carboxylic acid groups (broad SMARTS) is 4. The number of carbonyl (C=O) groups is 8. The minimum Gasteiger partial charge on any atom is -0.481 e. The van der Waals surface area contributed by atoms with E-state index in [1.165, 1.54) is 0 Å². The van der Waals surface area contributed by atoms with Crippen molar-refractivity contribution in [1.82, 2.24) is 0 Å². The van der Waals surface area contributed by atoms with Crippen molar-refractivity contribution in [1.29, 1.82) is 0 Å². The zero-order valence-electron chi connectivity index (χ0n) is 36.2. The first-order valence-corrected chi connectivity index (χ1v) is 19.7. The molecular weight excluding hydrogens is 728 g/mol. The van der Waals surface area contributed by atoms with E-state index >= 15 is 0 Å². The summed E-state index contributed by atoms with van der Waals surface area (Å²) in [6.07, 6.45) is 6.98. The van der Waals surface area contributed by atoms with E-state index in [9.17, 15) is 38.4 Å². The highest BCUT2D eigenvalue weighted by atomic mass is 16.4. The van der Waals surface area contributed by atoms with Gasteiger partial charge in [0.25, 0.3) is 0 Å². The summed E-state index contributed by atoms with van der Waals surface area (Å²) in [5, 5.41) is 34.1. The summed E-state index contributed by atoms with van der Waals surface area (Å²) < 4.78 is 0. The topological polar surface area (TPSA) is 322 Å². The predicted molar refractivity (Wildman–Crippen MR) is 216 cm³/mol. The van der Waals surface area contributed by atoms with Gasteiger partial charge in [0.15, 0.2) is 0 Å². The molecule has 16 nitrogen and oxygen atoms in total. The molecule has 0 aliphatic rings. The zero-order chi connectivity index (χ0) is 45.5. The number of carbonyl (C=O) groups excluding carboxylic acids is 4. The van der Waals surface area contributed by atoms with Crippen molar-refractivity contribution in [2.75, 3.05) is 0 Å². The van der Waals surface area contributed by atoms with E-state index in [-0.39, 0.29) is 47.3 Å². The van der Waals surface area contributed by atoms with Crippen molar-refractivity contribution in [2.45, 2.75) is 147 Å². The second kappa shape index (κ2) is 35.2. The number of hydrogen-bond acceptors (Lipinski definition) is 8. The third-order valence-corrected chi connectivity index (χ3v) is 10.1. The van der Waals surface area contributed by atoms with E-state index in [4.69, 9.17) is 43.4 Å². The summed E-state index contributed by atoms with van der Waals surface area (Å²) >= 11 is 0. The predicted octanol–water partition coefficient (Wildman–Crippen LogP) is 5.51. The van der Waals surface area contributed by atoms with Crippen LogP contribution in [0.15, 0.2) is 0 Å². The molecule has 0 fully saturated rings. The molecule has 0 bridgehead atoms. The van der Waals surface area contributed by atoms with E-state index in [0.29, 0.717) is 23.7 Å². The van der Waals surface area contributed by atoms with E-state index in [1.807, 2.05) is 27.7 Å². The van der Waals surface area contributed by atoms with Crippen molar-refractivity contribution in [2.24, 2.45) is 82.1 Å². The molecule has 330 valence electrons. The van der Waals surface area contributed by atoms with Gasteiger partial charge in [-0.2, -0.15) is 0 Å². The second-order valence-corrected chi connectivity index (χ2v) is 14.9. The molecule has 0 heterocycles. The summed E-state index contributed by atoms with van der Waals surface area (Å²) in [5.41, 5.74) is 20.5. The minimum absolute atomic E-state index is 0.0277. The van der Waals surface area contributed by atoms with E-state index in [1.54, 1.807) is 0 Å². The number of hydrogen-bond donors (Lipinski definition) is 8. The Labute approximate surface area is 335 Å². The van der Waals surface area contributed by atoms with Gasteiger partial charge >= 0.3 is 23.9 Å². The molecule has 0 aliphatic heterocycles. The Morgan fingerprint density at radius 3 is 0.625 bits per heavy atom. The van der Waals surface area contributed by atoms with Gasteiger partial charge < -0.3 is 43.4 Å². The van der Waals surface area contributed by atoms with Gasteiger partial charge in [0.1, 0.15) is 0 Å². The van der Waals surface area contributed by atoms with Gasteiger partial charge in [-0.25, -0.2) is 0 Å². The number of nitrogens with two attached hydrogens (primary N) is 4. The maximum absolute atomic E-state index is 10.6. The Balaban J connectivity index is -0.000000197. The molecule has 0 aliphatic carbocycles. The SMILES string of the molecule is CCCC(C)C(C)C(N)=O.CCCC(C)C(C)C(N)=O.CCCC(C)C(C)C(N)=O.CCCC(C)C(C)C(N)=O.O=C(O)CC(C(=O)O)C(CC(=O)O)C(=O)O. The average Bonchev–Trinajstić information content (AvgIpc) is 3.09. The van der Waals surface area contributed by atoms with Crippen LogP contribution < -0.4 is 22.9 Å². The van der Waals surface area contributed by atoms with Gasteiger partial charge in [-0.3, -0.25) is 38.4 Å². The molecule has 0 radical (unpaired) electrons. The Bertz CT molecular complexity index is 1020. The molecule has 10 atom stereocenters. The number of aliphatic carboxylic acids is 4. The lowest BCUT2D eigenvalue weighted by atomic mass is 9.87. The quantitative estimate of drug-likeness (QED) is 0.0633. The largest absolute Gasteiger partial charge is 0.481 e. The van der Waals surface area contributed by atoms with Crippen molar-refractivity contribution in [3.05, 3.63) is 0 Å². The smallest absolute Gasteiger partial charge is 0.307 e. The standard InChI is InChI=1S/4C8H17NO.C8H10O8/c4*1-4-5-6(2)7(3)8(9)10;9-5(10)1-3(7(13)14)4(8(15)16)2-6(11)12/h4*6-7H,4-5H2,1-3H3,(H2,9,10);3-4H,1-2H2,(H,9,10)(H,11,12)(H,13,14)(H,15,16). The molecule has 0 saturated heterocycles. The maximum Gasteiger partial charge on any atom is 0.307 e. The van der Waals surface area contributed by atoms with Gasteiger partial charge in [-0.15, -0.1) is 0 Å². The third-order valence-electron chi connectivity index (χ3n) is 10.1. The summed E-state index contributed by atoms with van der Waals surface area (Å²) in [4.78, 5) is 84.5. The molecule has 0 saturated carbocycles. The third kappa shape index (κ3) is 33.1. The Kier molecular flexibility index (Phi) is 38.3. The molecule has 0 rings (SSSR count). The van der Waals surface area contributed by atoms with Crippen LogP contribution in [0.1, 0.15) is 147 Å². The van der Waals surface area contributed by atoms with Crippen LogP contribution in [0, 0.1) is 59.2 Å². The normalized spacial score (nSPS) is 15.6. The van der Waals surface area contributed by atoms with Gasteiger partial charge in [-0.1, -0.05) is 134 Å². The second-order valence-electron chi connectivity index (χ2n) is 14.9. The van der Waals surface area contributed by atoms with E-state index in [0.717, 1.165) is 51.4 Å². The highest BCUT2D eigenvalue weighted by Crippen LogP contribution is 2.21. The van der Waals surface area contributed by atoms with E-state index in [2.05, 4.69) is 55.4 Å². The first-order valence-electron chi connectivity index (χ1n) is 19.7. The van der Waals surface area contributed by atoms with Crippen LogP contribution in [0.5, 0.6) is 0 Å². The summed E-state index contributed by atoms with van der Waals surface area (Å²) in [6, 6.07) is 0. The lowest BCUT2D eigenvalue weighted by Gasteiger charge is -2.16. The van der Waals surface area contributed by atoms with Crippen molar-refractivity contribution in [3.8, 4) is 0 Å². The zero-order valence-corrected chi connectivity index (χ0v) is 36.2. The summed E-state index contributed by atoms with van der Waals surface area (Å²) in [6.45, 7) is 24.3. The Morgan fingerprint density at radius 2 is 0.536 bits per heavy atom. The number of carboxylic acids is 4. The number of rotatable bonds is 23. The number of primary amides is 4. The van der Waals surface area contributed by atoms with Crippen LogP contribution in [0.4, 0.5) is 0 Å². The lowest BCUT2D eigenvalue weighted by Crippen LogP contribution is -2.33. The molecule has 0 aromatic heterocycles. The van der Waals surface area contributed by atoms with Crippen LogP contribution >= 0.6 is 0 Å². The molecule has 12 N–H and O–H groups in total. The van der Waals surface area contributed by atoms with Crippen molar-refractivity contribution in [3.63, 3.8) is 0 Å². The maximum atomic E-state index is 10.6. The summed E-state index contributed by atoms with van der Waals surface area (Å²) in [5.74, 6) is -8.67. The molecule has 10 unspecified atom stereocenters. The van der Waals surface area contributed by atoms with Crippen molar-refractivity contribution >= 4 is 47.5 Å². The first kappa shape index (κ1) is 61.0. The Hall–Kier alpha value is -4.24. The summed E-state index contributed by atoms with van der Waals surface area (Å²) in [7, 11) is 0. The van der Waals surface area contributed by atoms with Crippen LogP contribution in [0.25, 0.3) is 0 Å². The van der Waals surface area contributed by atoms with Crippen LogP contribution in [-0.4, -0.2) is 67.9 Å². The highest BCUT2D eigenvalue weighted by molar-refractivity contribution is 5.86. The van der Waals surface area contributed by atoms with E-state index < -0.39 is 48.6 Å². The Morgan fingerprint density at radius 1 is 0.375 bits per heavy atom. The van der Waals surface area contributed by atoms with Gasteiger partial charge in [0.05, 0.1) is 24.7 Å². The molecule has 16 heteroatoms. The fourth-order valence-corrected chi connectivity index (χ4v) is 5.12. The van der Waals surface area contributed by atoms with Crippen LogP contribution in [-0.2, 0) is 38.4 Å². The molecule has 0 aromatic carbocycles. The molecule has 0 spiro atoms. The molecular formula is C40H78N4O12. The van der Waals surface area contributed by atoms with Crippen molar-refractivity contribution < 1.29 is 58.8 Å². The number of amides is 4. The van der Waals surface area contributed by atoms with Gasteiger partial charge in [0.2, 0.25) is 23.6 Å². The lowest BCUT2D eigenvalue weighted by molar-refractivity contribution is -0.160. The fraction of sp³-hybridized carbons (Fsp3) is 0.800. The molecule has 56 heavy (non-hydrogen) atoms. The molecule has 0 aromatic rings. The minimum atomic E-state index is -1.76. The van der Waals surface area contributed by atoms with Crippen LogP contribution in [0.2, 0.25) is 0 Å². The highest BCUT2D eigenvalue weighted by Gasteiger charge is 2.37.